The number of carbonyl (C=O) groups is 3. The normalized spacial score (nSPS) is 29.9. The van der Waals surface area contributed by atoms with Crippen LogP contribution in [0.3, 0.4) is 0 Å². The second-order valence-corrected chi connectivity index (χ2v) is 5.08. The number of fused-ring (bicyclic) bond motifs is 1. The Kier molecular flexibility index (Phi) is 4.42. The summed E-state index contributed by atoms with van der Waals surface area (Å²) < 4.78 is 0. The second kappa shape index (κ2) is 5.99. The summed E-state index contributed by atoms with van der Waals surface area (Å²) in [4.78, 5) is 42.0. The molecule has 2 atom stereocenters. The van der Waals surface area contributed by atoms with Crippen molar-refractivity contribution in [2.75, 3.05) is 32.9 Å². The van der Waals surface area contributed by atoms with Gasteiger partial charge in [0.2, 0.25) is 5.54 Å². The van der Waals surface area contributed by atoms with E-state index >= 15 is 0 Å². The van der Waals surface area contributed by atoms with Gasteiger partial charge < -0.3 is 20.6 Å². The molecule has 2 aliphatic heterocycles. The second-order valence-electron chi connectivity index (χ2n) is 5.08. The third-order valence-corrected chi connectivity index (χ3v) is 3.97. The van der Waals surface area contributed by atoms with Crippen LogP contribution in [0.4, 0.5) is 9.59 Å². The lowest BCUT2D eigenvalue weighted by Gasteiger charge is -2.47. The molecule has 0 aromatic heterocycles. The van der Waals surface area contributed by atoms with E-state index in [4.69, 9.17) is 11.7 Å². The first-order chi connectivity index (χ1) is 10.9. The third kappa shape index (κ3) is 2.11. The Balaban J connectivity index is 2.65. The summed E-state index contributed by atoms with van der Waals surface area (Å²) in [7, 11) is 0. The maximum absolute atomic E-state index is 12.8. The van der Waals surface area contributed by atoms with Gasteiger partial charge in [-0.1, -0.05) is 0 Å². The van der Waals surface area contributed by atoms with Crippen molar-refractivity contribution >= 4 is 18.0 Å². The molecule has 126 valence electrons. The van der Waals surface area contributed by atoms with Crippen molar-refractivity contribution in [2.24, 2.45) is 0 Å². The molecule has 0 aliphatic carbocycles. The van der Waals surface area contributed by atoms with E-state index in [1.54, 1.807) is 0 Å². The van der Waals surface area contributed by atoms with Crippen LogP contribution in [0.1, 0.15) is 6.42 Å². The molecule has 11 heteroatoms. The molecule has 0 radical (unpaired) electrons. The highest BCUT2D eigenvalue weighted by Gasteiger charge is 2.77. The first-order valence-corrected chi connectivity index (χ1v) is 6.89. The first kappa shape index (κ1) is 16.9. The molecule has 0 aromatic rings. The monoisotopic (exact) mass is 327 g/mol. The van der Waals surface area contributed by atoms with Gasteiger partial charge in [-0.25, -0.2) is 26.4 Å². The zero-order chi connectivity index (χ0) is 17.3. The van der Waals surface area contributed by atoms with Crippen molar-refractivity contribution in [3.63, 3.8) is 0 Å². The summed E-state index contributed by atoms with van der Waals surface area (Å²) in [5.41, 5.74) is -1.90. The van der Waals surface area contributed by atoms with E-state index in [1.165, 1.54) is 0 Å². The average molecular weight is 327 g/mol. The number of carbonyl (C=O) groups excluding carboxylic acids is 3. The van der Waals surface area contributed by atoms with Crippen molar-refractivity contribution in [1.82, 2.24) is 20.4 Å². The Morgan fingerprint density at radius 3 is 2.22 bits per heavy atom. The average Bonchev–Trinajstić information content (AvgIpc) is 2.82. The number of nitrogens with zero attached hydrogens (tertiary/aromatic N) is 3. The maximum Gasteiger partial charge on any atom is 0.428 e. The first-order valence-electron chi connectivity index (χ1n) is 6.89. The van der Waals surface area contributed by atoms with E-state index in [1.807, 2.05) is 0 Å². The van der Waals surface area contributed by atoms with E-state index in [-0.39, 0.29) is 19.5 Å². The van der Waals surface area contributed by atoms with E-state index < -0.39 is 49.1 Å². The van der Waals surface area contributed by atoms with Gasteiger partial charge in [-0.15, -0.1) is 0 Å². The fraction of sp³-hybridized carbons (Fsp3) is 0.667. The smallest absolute Gasteiger partial charge is 0.396 e. The van der Waals surface area contributed by atoms with Crippen molar-refractivity contribution < 1.29 is 29.7 Å². The molecular weight excluding hydrogens is 310 g/mol. The Morgan fingerprint density at radius 2 is 1.70 bits per heavy atom. The molecule has 2 saturated heterocycles. The summed E-state index contributed by atoms with van der Waals surface area (Å²) in [6.07, 6.45) is -0.315. The van der Waals surface area contributed by atoms with Crippen molar-refractivity contribution in [2.45, 2.75) is 17.7 Å². The van der Waals surface area contributed by atoms with Crippen molar-refractivity contribution in [3.05, 3.63) is 11.4 Å². The van der Waals surface area contributed by atoms with Crippen LogP contribution in [0.25, 0.3) is 4.85 Å². The summed E-state index contributed by atoms with van der Waals surface area (Å²) in [6.45, 7) is 5.27. The lowest BCUT2D eigenvalue weighted by atomic mass is 9.83. The summed E-state index contributed by atoms with van der Waals surface area (Å²) >= 11 is 0. The number of aliphatic hydroxyl groups excluding tert-OH is 3. The van der Waals surface area contributed by atoms with Gasteiger partial charge in [0.25, 0.3) is 5.91 Å². The fourth-order valence-corrected chi connectivity index (χ4v) is 3.03. The number of imide groups is 1. The minimum atomic E-state index is -2.09. The molecule has 0 aromatic carbocycles. The predicted octanol–water partition coefficient (Wildman–Crippen LogP) is -2.76. The number of amides is 5. The van der Waals surface area contributed by atoms with E-state index in [9.17, 15) is 24.6 Å². The minimum absolute atomic E-state index is 0.314. The molecule has 5 amide bonds. The number of rotatable bonds is 6. The van der Waals surface area contributed by atoms with Crippen LogP contribution in [-0.2, 0) is 4.79 Å². The van der Waals surface area contributed by atoms with Gasteiger partial charge in [0.05, 0.1) is 26.3 Å². The highest BCUT2D eigenvalue weighted by atomic mass is 16.3. The highest BCUT2D eigenvalue weighted by molar-refractivity contribution is 6.08. The molecule has 0 bridgehead atoms. The van der Waals surface area contributed by atoms with E-state index in [2.05, 4.69) is 15.5 Å². The highest BCUT2D eigenvalue weighted by Crippen LogP contribution is 2.40. The molecule has 2 unspecified atom stereocenters. The van der Waals surface area contributed by atoms with E-state index in [0.29, 0.717) is 4.90 Å². The van der Waals surface area contributed by atoms with Crippen molar-refractivity contribution in [1.29, 1.82) is 0 Å². The molecule has 2 rings (SSSR count). The van der Waals surface area contributed by atoms with Gasteiger partial charge in [0.1, 0.15) is 0 Å². The van der Waals surface area contributed by atoms with Crippen molar-refractivity contribution in [3.8, 4) is 0 Å². The molecule has 0 saturated carbocycles. The van der Waals surface area contributed by atoms with Crippen LogP contribution in [-0.4, -0.2) is 87.3 Å². The van der Waals surface area contributed by atoms with E-state index in [0.717, 1.165) is 4.90 Å². The number of aliphatic hydroxyl groups is 3. The van der Waals surface area contributed by atoms with Gasteiger partial charge >= 0.3 is 17.8 Å². The lowest BCUT2D eigenvalue weighted by Crippen LogP contribution is -2.80. The van der Waals surface area contributed by atoms with Crippen LogP contribution >= 0.6 is 0 Å². The molecule has 0 spiro atoms. The molecule has 5 N–H and O–H groups in total. The molecule has 11 nitrogen and oxygen atoms in total. The van der Waals surface area contributed by atoms with Gasteiger partial charge in [-0.05, 0) is 0 Å². The van der Waals surface area contributed by atoms with Crippen LogP contribution in [0.2, 0.25) is 0 Å². The zero-order valence-corrected chi connectivity index (χ0v) is 12.2. The number of nitrogens with one attached hydrogen (secondary N) is 2. The number of hydrogen-bond donors (Lipinski definition) is 5. The minimum Gasteiger partial charge on any atom is -0.396 e. The lowest BCUT2D eigenvalue weighted by molar-refractivity contribution is -0.147. The predicted molar refractivity (Wildman–Crippen MR) is 73.4 cm³/mol. The number of hydrogen-bond acceptors (Lipinski definition) is 6. The number of urea groups is 2. The number of β-amino-alcohol motifs (C(OH)–C–C–N with tert-alkyl or cyclic N) is 2. The Hall–Kier alpha value is -2.42. The molecule has 2 aliphatic rings. The van der Waals surface area contributed by atoms with Gasteiger partial charge in [-0.2, -0.15) is 0 Å². The summed E-state index contributed by atoms with van der Waals surface area (Å²) in [6, 6.07) is -1.75. The largest absolute Gasteiger partial charge is 0.428 e. The van der Waals surface area contributed by atoms with Gasteiger partial charge in [0, 0.05) is 13.0 Å². The maximum atomic E-state index is 12.8. The quantitative estimate of drug-likeness (QED) is 0.334. The standard InChI is InChI=1S/C12H17N5O6/c1-13-12-11(2-5-18,14-9(22)15-12)8(21)16(3-6-19)10(23)17(12)4-7-20/h18-20H,2-7H2,(H2,14,15,22). The molecule has 2 heterocycles. The van der Waals surface area contributed by atoms with Crippen LogP contribution in [0, 0.1) is 6.57 Å². The molecular formula is C12H17N5O6. The topological polar surface area (TPSA) is 147 Å². The third-order valence-electron chi connectivity index (χ3n) is 3.97. The summed E-state index contributed by atoms with van der Waals surface area (Å²) in [5.74, 6) is -2.98. The molecule has 2 fully saturated rings. The molecule has 23 heavy (non-hydrogen) atoms. The fourth-order valence-electron chi connectivity index (χ4n) is 3.03. The van der Waals surface area contributed by atoms with Gasteiger partial charge in [0.15, 0.2) is 0 Å². The van der Waals surface area contributed by atoms with Crippen LogP contribution in [0.5, 0.6) is 0 Å². The van der Waals surface area contributed by atoms with Crippen LogP contribution < -0.4 is 10.6 Å². The zero-order valence-electron chi connectivity index (χ0n) is 12.2. The Bertz CT molecular complexity index is 577. The van der Waals surface area contributed by atoms with Gasteiger partial charge in [-0.3, -0.25) is 14.5 Å². The Morgan fingerprint density at radius 1 is 1.04 bits per heavy atom. The Labute approximate surface area is 131 Å². The summed E-state index contributed by atoms with van der Waals surface area (Å²) in [5, 5.41) is 32.2. The SMILES string of the molecule is [C-]#[N+]C12NC(=O)NC1(CCO)C(=O)N(CCO)C(=O)N2CCO. The van der Waals surface area contributed by atoms with Crippen LogP contribution in [0.15, 0.2) is 0 Å².